The molecule has 0 unspecified atom stereocenters. The third-order valence-corrected chi connectivity index (χ3v) is 0.924. The first-order chi connectivity index (χ1) is 4.04. The highest BCUT2D eigenvalue weighted by molar-refractivity contribution is 5.22. The van der Waals surface area contributed by atoms with Gasteiger partial charge in [0, 0.05) is 10.5 Å². The normalized spacial score (nSPS) is 8.56. The quantitative estimate of drug-likeness (QED) is 0.326. The van der Waals surface area contributed by atoms with E-state index >= 15 is 0 Å². The van der Waals surface area contributed by atoms with Gasteiger partial charge in [0.2, 0.25) is 6.54 Å². The van der Waals surface area contributed by atoms with E-state index < -0.39 is 4.92 Å². The smallest absolute Gasteiger partial charge is 0.228 e. The molecule has 0 aromatic heterocycles. The summed E-state index contributed by atoms with van der Waals surface area (Å²) >= 11 is 0. The van der Waals surface area contributed by atoms with Crippen molar-refractivity contribution in [2.24, 2.45) is 0 Å². The number of rotatable bonds is 3. The van der Waals surface area contributed by atoms with Crippen molar-refractivity contribution in [3.8, 4) is 0 Å². The van der Waals surface area contributed by atoms with Crippen LogP contribution in [0.15, 0.2) is 24.3 Å². The van der Waals surface area contributed by atoms with E-state index in [0.717, 1.165) is 0 Å². The van der Waals surface area contributed by atoms with Crippen molar-refractivity contribution in [2.45, 2.75) is 6.92 Å². The highest BCUT2D eigenvalue weighted by Crippen LogP contribution is 2.01. The van der Waals surface area contributed by atoms with Gasteiger partial charge >= 0.3 is 0 Å². The molecule has 0 aliphatic heterocycles. The summed E-state index contributed by atoms with van der Waals surface area (Å²) in [6.45, 7) is 8.46. The Labute approximate surface area is 53.8 Å². The van der Waals surface area contributed by atoms with E-state index in [1.54, 1.807) is 6.92 Å². The predicted molar refractivity (Wildman–Crippen MR) is 35.8 cm³/mol. The fraction of sp³-hybridized carbons (Fsp3) is 0.333. The Morgan fingerprint density at radius 1 is 1.67 bits per heavy atom. The van der Waals surface area contributed by atoms with Crippen molar-refractivity contribution in [3.05, 3.63) is 34.4 Å². The minimum absolute atomic E-state index is 0.199. The Kier molecular flexibility index (Phi) is 2.64. The molecular weight excluding hydrogens is 118 g/mol. The Morgan fingerprint density at radius 2 is 2.11 bits per heavy atom. The molecule has 0 aliphatic carbocycles. The van der Waals surface area contributed by atoms with Crippen molar-refractivity contribution >= 4 is 0 Å². The molecule has 0 spiro atoms. The zero-order valence-electron chi connectivity index (χ0n) is 5.39. The summed E-state index contributed by atoms with van der Waals surface area (Å²) in [6.07, 6.45) is 0. The third kappa shape index (κ3) is 3.46. The van der Waals surface area contributed by atoms with Gasteiger partial charge in [-0.25, -0.2) is 0 Å². The second-order valence-corrected chi connectivity index (χ2v) is 1.87. The zero-order valence-corrected chi connectivity index (χ0v) is 5.39. The lowest BCUT2D eigenvalue weighted by Gasteiger charge is -1.95. The van der Waals surface area contributed by atoms with Crippen molar-refractivity contribution in [1.29, 1.82) is 0 Å². The van der Waals surface area contributed by atoms with Gasteiger partial charge in [0.25, 0.3) is 0 Å². The van der Waals surface area contributed by atoms with Crippen LogP contribution in [0, 0.1) is 10.1 Å². The molecule has 0 atom stereocenters. The first kappa shape index (κ1) is 7.88. The standard InChI is InChI=1S/C6H9NO2/c1-5(2)6(3)4-7(8)9/h1,3-4H2,2H3. The van der Waals surface area contributed by atoms with Gasteiger partial charge in [0.05, 0.1) is 0 Å². The Morgan fingerprint density at radius 3 is 2.22 bits per heavy atom. The van der Waals surface area contributed by atoms with Crippen molar-refractivity contribution < 1.29 is 4.92 Å². The molecule has 0 heterocycles. The van der Waals surface area contributed by atoms with Gasteiger partial charge in [-0.2, -0.15) is 0 Å². The first-order valence-electron chi connectivity index (χ1n) is 2.49. The average molecular weight is 127 g/mol. The maximum atomic E-state index is 9.82. The molecule has 0 saturated carbocycles. The first-order valence-corrected chi connectivity index (χ1v) is 2.49. The van der Waals surface area contributed by atoms with Gasteiger partial charge in [-0.3, -0.25) is 10.1 Å². The van der Waals surface area contributed by atoms with Crippen molar-refractivity contribution in [3.63, 3.8) is 0 Å². The molecule has 0 aromatic rings. The fourth-order valence-electron chi connectivity index (χ4n) is 0.291. The van der Waals surface area contributed by atoms with Crippen LogP contribution in [0.3, 0.4) is 0 Å². The van der Waals surface area contributed by atoms with Crippen LogP contribution in [0.25, 0.3) is 0 Å². The summed E-state index contributed by atoms with van der Waals surface area (Å²) in [6, 6.07) is 0. The highest BCUT2D eigenvalue weighted by Gasteiger charge is 2.01. The minimum atomic E-state index is -0.420. The van der Waals surface area contributed by atoms with Gasteiger partial charge in [0.15, 0.2) is 0 Å². The van der Waals surface area contributed by atoms with E-state index in [4.69, 9.17) is 0 Å². The topological polar surface area (TPSA) is 43.1 Å². The number of nitrogens with zero attached hydrogens (tertiary/aromatic N) is 1. The molecule has 0 saturated heterocycles. The van der Waals surface area contributed by atoms with Crippen LogP contribution in [0.5, 0.6) is 0 Å². The van der Waals surface area contributed by atoms with Crippen molar-refractivity contribution in [2.75, 3.05) is 6.54 Å². The maximum absolute atomic E-state index is 9.82. The number of nitro groups is 1. The molecule has 0 radical (unpaired) electrons. The molecule has 3 heteroatoms. The van der Waals surface area contributed by atoms with E-state index in [-0.39, 0.29) is 6.54 Å². The Balaban J connectivity index is 3.79. The lowest BCUT2D eigenvalue weighted by atomic mass is 10.2. The van der Waals surface area contributed by atoms with Crippen LogP contribution < -0.4 is 0 Å². The van der Waals surface area contributed by atoms with Gasteiger partial charge in [-0.1, -0.05) is 13.2 Å². The maximum Gasteiger partial charge on any atom is 0.228 e. The molecule has 0 rings (SSSR count). The van der Waals surface area contributed by atoms with Crippen LogP contribution in [0.4, 0.5) is 0 Å². The molecule has 0 aliphatic rings. The van der Waals surface area contributed by atoms with Crippen LogP contribution >= 0.6 is 0 Å². The van der Waals surface area contributed by atoms with Crippen LogP contribution in [-0.2, 0) is 0 Å². The number of hydrogen-bond acceptors (Lipinski definition) is 2. The largest absolute Gasteiger partial charge is 0.264 e. The summed E-state index contributed by atoms with van der Waals surface area (Å²) < 4.78 is 0. The summed E-state index contributed by atoms with van der Waals surface area (Å²) in [5, 5.41) is 9.82. The van der Waals surface area contributed by atoms with Crippen LogP contribution in [0.1, 0.15) is 6.92 Å². The van der Waals surface area contributed by atoms with E-state index in [9.17, 15) is 10.1 Å². The summed E-state index contributed by atoms with van der Waals surface area (Å²) in [5.41, 5.74) is 1.16. The average Bonchev–Trinajstić information content (AvgIpc) is 1.63. The number of hydrogen-bond donors (Lipinski definition) is 0. The van der Waals surface area contributed by atoms with Crippen molar-refractivity contribution in [1.82, 2.24) is 0 Å². The predicted octanol–water partition coefficient (Wildman–Crippen LogP) is 1.40. The van der Waals surface area contributed by atoms with Gasteiger partial charge < -0.3 is 0 Å². The fourth-order valence-corrected chi connectivity index (χ4v) is 0.291. The Hall–Kier alpha value is -1.12. The molecule has 50 valence electrons. The molecular formula is C6H9NO2. The van der Waals surface area contributed by atoms with Gasteiger partial charge in [0.1, 0.15) is 0 Å². The van der Waals surface area contributed by atoms with E-state index in [1.807, 2.05) is 0 Å². The lowest BCUT2D eigenvalue weighted by molar-refractivity contribution is -0.470. The lowest BCUT2D eigenvalue weighted by Crippen LogP contribution is -2.03. The molecule has 0 N–H and O–H groups in total. The summed E-state index contributed by atoms with van der Waals surface area (Å²) in [4.78, 5) is 9.40. The SMILES string of the molecule is C=C(C)C(=C)C[N+](=O)[O-]. The summed E-state index contributed by atoms with van der Waals surface area (Å²) in [5.74, 6) is 0. The van der Waals surface area contributed by atoms with E-state index in [1.165, 1.54) is 0 Å². The van der Waals surface area contributed by atoms with Crippen LogP contribution in [-0.4, -0.2) is 11.5 Å². The van der Waals surface area contributed by atoms with E-state index in [0.29, 0.717) is 11.1 Å². The van der Waals surface area contributed by atoms with E-state index in [2.05, 4.69) is 13.2 Å². The highest BCUT2D eigenvalue weighted by atomic mass is 16.6. The molecule has 0 bridgehead atoms. The summed E-state index contributed by atoms with van der Waals surface area (Å²) in [7, 11) is 0. The third-order valence-electron chi connectivity index (χ3n) is 0.924. The molecule has 9 heavy (non-hydrogen) atoms. The zero-order chi connectivity index (χ0) is 7.44. The minimum Gasteiger partial charge on any atom is -0.264 e. The second kappa shape index (κ2) is 3.02. The monoisotopic (exact) mass is 127 g/mol. The Bertz CT molecular complexity index is 160. The second-order valence-electron chi connectivity index (χ2n) is 1.87. The molecule has 0 aromatic carbocycles. The van der Waals surface area contributed by atoms with Crippen LogP contribution in [0.2, 0.25) is 0 Å². The molecule has 0 fully saturated rings. The van der Waals surface area contributed by atoms with Gasteiger partial charge in [-0.15, -0.1) is 0 Å². The molecule has 3 nitrogen and oxygen atoms in total. The molecule has 0 amide bonds. The van der Waals surface area contributed by atoms with Gasteiger partial charge in [-0.05, 0) is 12.5 Å².